The molecule has 1 aliphatic heterocycles. The first kappa shape index (κ1) is 32.7. The number of aromatic nitrogens is 3. The van der Waals surface area contributed by atoms with E-state index in [0.29, 0.717) is 22.6 Å². The van der Waals surface area contributed by atoms with Gasteiger partial charge in [0.25, 0.3) is 0 Å². The molecule has 0 spiro atoms. The maximum Gasteiger partial charge on any atom is 0.348 e. The molecule has 0 aliphatic carbocycles. The highest BCUT2D eigenvalue weighted by molar-refractivity contribution is 7.99. The largest absolute Gasteiger partial charge is 0.508 e. The molecule has 0 bridgehead atoms. The van der Waals surface area contributed by atoms with Crippen molar-refractivity contribution in [2.24, 2.45) is 0 Å². The van der Waals surface area contributed by atoms with Crippen LogP contribution in [0.4, 0.5) is 0 Å². The van der Waals surface area contributed by atoms with Gasteiger partial charge in [-0.3, -0.25) is 4.90 Å². The topological polar surface area (TPSA) is 107 Å². The Morgan fingerprint density at radius 1 is 0.933 bits per heavy atom. The van der Waals surface area contributed by atoms with Crippen LogP contribution in [-0.4, -0.2) is 79.4 Å². The number of phenolic OH excluding ortho intramolecular Hbond substituents is 2. The Morgan fingerprint density at radius 2 is 1.58 bits per heavy atom. The fraction of sp³-hybridized carbons (Fsp3) is 0.429. The number of ether oxygens (including phenoxy) is 1. The summed E-state index contributed by atoms with van der Waals surface area (Å²) in [7, 11) is 1.70. The highest BCUT2D eigenvalue weighted by atomic mass is 32.2. The lowest BCUT2D eigenvalue weighted by molar-refractivity contribution is 0.124. The molecule has 45 heavy (non-hydrogen) atoms. The second kappa shape index (κ2) is 14.1. The maximum absolute atomic E-state index is 12.8. The average Bonchev–Trinajstić information content (AvgIpc) is 3.41. The molecule has 1 fully saturated rings. The van der Waals surface area contributed by atoms with Crippen molar-refractivity contribution in [2.45, 2.75) is 57.1 Å². The number of hydrogen-bond donors (Lipinski definition) is 3. The number of aromatic hydroxyl groups is 2. The van der Waals surface area contributed by atoms with Gasteiger partial charge in [0.1, 0.15) is 17.2 Å². The molecule has 1 aromatic heterocycles. The van der Waals surface area contributed by atoms with Crippen LogP contribution in [0.15, 0.2) is 65.5 Å². The van der Waals surface area contributed by atoms with Gasteiger partial charge < -0.3 is 19.8 Å². The minimum atomic E-state index is -0.394. The molecular formula is C35H45N5O4S. The summed E-state index contributed by atoms with van der Waals surface area (Å²) < 4.78 is 6.93. The van der Waals surface area contributed by atoms with Crippen LogP contribution in [0.25, 0.3) is 17.1 Å². The van der Waals surface area contributed by atoms with Crippen LogP contribution in [0.3, 0.4) is 0 Å². The van der Waals surface area contributed by atoms with E-state index in [4.69, 9.17) is 4.74 Å². The summed E-state index contributed by atoms with van der Waals surface area (Å²) in [5.74, 6) is 2.11. The van der Waals surface area contributed by atoms with Crippen molar-refractivity contribution in [1.29, 1.82) is 0 Å². The maximum atomic E-state index is 12.8. The summed E-state index contributed by atoms with van der Waals surface area (Å²) in [4.78, 5) is 17.8. The summed E-state index contributed by atoms with van der Waals surface area (Å²) in [6, 6.07) is 19.3. The smallest absolute Gasteiger partial charge is 0.348 e. The summed E-state index contributed by atoms with van der Waals surface area (Å²) in [5.41, 5.74) is 3.82. The SMILES string of the molecule is COc1ccc(CSC(C)(C)CCN2CCN(Cc3ccc(-n4c(-c5cc(C(C)C)c(O)cc5O)n[nH]c4=O)cc3)CC2)cc1. The Balaban J connectivity index is 1.14. The molecule has 0 saturated carbocycles. The van der Waals surface area contributed by atoms with Crippen LogP contribution >= 0.6 is 11.8 Å². The third kappa shape index (κ3) is 8.11. The fourth-order valence-corrected chi connectivity index (χ4v) is 6.62. The Morgan fingerprint density at radius 3 is 2.22 bits per heavy atom. The van der Waals surface area contributed by atoms with Crippen LogP contribution in [0.5, 0.6) is 17.2 Å². The Labute approximate surface area is 269 Å². The molecule has 0 amide bonds. The van der Waals surface area contributed by atoms with Crippen LogP contribution < -0.4 is 10.4 Å². The van der Waals surface area contributed by atoms with E-state index in [2.05, 4.69) is 46.0 Å². The minimum Gasteiger partial charge on any atom is -0.508 e. The van der Waals surface area contributed by atoms with E-state index in [9.17, 15) is 15.0 Å². The molecule has 0 radical (unpaired) electrons. The number of rotatable bonds is 12. The van der Waals surface area contributed by atoms with E-state index in [0.717, 1.165) is 57.2 Å². The molecule has 3 aromatic carbocycles. The quantitative estimate of drug-likeness (QED) is 0.175. The second-order valence-corrected chi connectivity index (χ2v) is 14.4. The van der Waals surface area contributed by atoms with Crippen molar-refractivity contribution in [3.63, 3.8) is 0 Å². The first-order chi connectivity index (χ1) is 21.5. The van der Waals surface area contributed by atoms with Crippen molar-refractivity contribution in [3.8, 4) is 34.3 Å². The zero-order chi connectivity index (χ0) is 32.1. The molecule has 0 atom stereocenters. The monoisotopic (exact) mass is 631 g/mol. The lowest BCUT2D eigenvalue weighted by atomic mass is 9.98. The van der Waals surface area contributed by atoms with Gasteiger partial charge in [-0.1, -0.05) is 52.0 Å². The first-order valence-electron chi connectivity index (χ1n) is 15.6. The van der Waals surface area contributed by atoms with E-state index < -0.39 is 5.69 Å². The number of H-pyrrole nitrogens is 1. The van der Waals surface area contributed by atoms with Crippen LogP contribution in [0.2, 0.25) is 0 Å². The number of phenols is 2. The van der Waals surface area contributed by atoms with Gasteiger partial charge >= 0.3 is 5.69 Å². The molecule has 0 unspecified atom stereocenters. The molecule has 3 N–H and O–H groups in total. The second-order valence-electron chi connectivity index (χ2n) is 12.7. The number of piperazine rings is 1. The van der Waals surface area contributed by atoms with Crippen LogP contribution in [-0.2, 0) is 12.3 Å². The van der Waals surface area contributed by atoms with Crippen LogP contribution in [0.1, 0.15) is 56.7 Å². The number of thioether (sulfide) groups is 1. The van der Waals surface area contributed by atoms with E-state index in [1.165, 1.54) is 21.8 Å². The molecular weight excluding hydrogens is 586 g/mol. The van der Waals surface area contributed by atoms with Gasteiger partial charge in [0.2, 0.25) is 0 Å². The number of nitrogens with zero attached hydrogens (tertiary/aromatic N) is 4. The van der Waals surface area contributed by atoms with Gasteiger partial charge in [0.15, 0.2) is 5.82 Å². The van der Waals surface area contributed by atoms with E-state index in [-0.39, 0.29) is 22.2 Å². The van der Waals surface area contributed by atoms with E-state index in [1.807, 2.05) is 62.0 Å². The number of hydrogen-bond acceptors (Lipinski definition) is 8. The third-order valence-corrected chi connectivity index (χ3v) is 10.0. The predicted molar refractivity (Wildman–Crippen MR) is 182 cm³/mol. The lowest BCUT2D eigenvalue weighted by Crippen LogP contribution is -2.46. The first-order valence-corrected chi connectivity index (χ1v) is 16.6. The predicted octanol–water partition coefficient (Wildman–Crippen LogP) is 5.99. The van der Waals surface area contributed by atoms with Gasteiger partial charge in [-0.05, 0) is 65.9 Å². The summed E-state index contributed by atoms with van der Waals surface area (Å²) in [5, 5.41) is 27.6. The number of methoxy groups -OCH3 is 1. The van der Waals surface area contributed by atoms with Crippen molar-refractivity contribution in [2.75, 3.05) is 39.8 Å². The molecule has 1 saturated heterocycles. The van der Waals surface area contributed by atoms with Crippen molar-refractivity contribution >= 4 is 11.8 Å². The highest BCUT2D eigenvalue weighted by Gasteiger charge is 2.23. The van der Waals surface area contributed by atoms with E-state index in [1.54, 1.807) is 13.2 Å². The van der Waals surface area contributed by atoms with Gasteiger partial charge in [-0.15, -0.1) is 0 Å². The van der Waals surface area contributed by atoms with E-state index >= 15 is 0 Å². The van der Waals surface area contributed by atoms with Crippen molar-refractivity contribution < 1.29 is 14.9 Å². The number of aromatic amines is 1. The van der Waals surface area contributed by atoms with Gasteiger partial charge in [-0.2, -0.15) is 16.9 Å². The van der Waals surface area contributed by atoms with Gasteiger partial charge in [0.05, 0.1) is 18.4 Å². The zero-order valence-corrected chi connectivity index (χ0v) is 27.7. The summed E-state index contributed by atoms with van der Waals surface area (Å²) in [6.45, 7) is 14.7. The van der Waals surface area contributed by atoms with Gasteiger partial charge in [0, 0.05) is 49.3 Å². The minimum absolute atomic E-state index is 0.0180. The molecule has 10 heteroatoms. The molecule has 240 valence electrons. The molecule has 5 rings (SSSR count). The molecule has 4 aromatic rings. The highest BCUT2D eigenvalue weighted by Crippen LogP contribution is 2.37. The fourth-order valence-electron chi connectivity index (χ4n) is 5.63. The van der Waals surface area contributed by atoms with Gasteiger partial charge in [-0.25, -0.2) is 14.5 Å². The summed E-state index contributed by atoms with van der Waals surface area (Å²) >= 11 is 2.01. The molecule has 1 aliphatic rings. The Bertz CT molecular complexity index is 1620. The van der Waals surface area contributed by atoms with Crippen LogP contribution in [0, 0.1) is 0 Å². The van der Waals surface area contributed by atoms with Crippen molar-refractivity contribution in [1.82, 2.24) is 24.6 Å². The normalized spacial score (nSPS) is 14.7. The molecule has 9 nitrogen and oxygen atoms in total. The zero-order valence-electron chi connectivity index (χ0n) is 26.9. The Kier molecular flexibility index (Phi) is 10.3. The third-order valence-electron chi connectivity index (χ3n) is 8.56. The molecule has 2 heterocycles. The average molecular weight is 632 g/mol. The standard InChI is InChI=1S/C35H45N5O4S/c1-24(2)29-20-30(32(42)21-31(29)41)33-36-37-34(43)40(33)27-10-6-25(7-11-27)22-39-18-16-38(17-19-39)15-14-35(3,4)45-23-26-8-12-28(44-5)13-9-26/h6-13,20-21,24,41-42H,14-19,22-23H2,1-5H3,(H,37,43). The Hall–Kier alpha value is -3.73. The number of nitrogens with one attached hydrogen (secondary N) is 1. The lowest BCUT2D eigenvalue weighted by Gasteiger charge is -2.36. The van der Waals surface area contributed by atoms with Crippen molar-refractivity contribution in [3.05, 3.63) is 87.8 Å². The summed E-state index contributed by atoms with van der Waals surface area (Å²) in [6.07, 6.45) is 1.14. The number of benzene rings is 3.